The molecular formula is C18H29Cl. The fourth-order valence-electron chi connectivity index (χ4n) is 2.41. The number of hydrogen-bond acceptors (Lipinski definition) is 0. The van der Waals surface area contributed by atoms with Crippen molar-refractivity contribution in [2.45, 2.75) is 77.5 Å². The summed E-state index contributed by atoms with van der Waals surface area (Å²) in [6.45, 7) is 6.58. The summed E-state index contributed by atoms with van der Waals surface area (Å²) in [6, 6.07) is 6.61. The van der Waals surface area contributed by atoms with E-state index in [1.165, 1.54) is 61.6 Å². The Kier molecular flexibility index (Phi) is 8.21. The third-order valence-corrected chi connectivity index (χ3v) is 4.42. The predicted octanol–water partition coefficient (Wildman–Crippen LogP) is 6.72. The van der Waals surface area contributed by atoms with Crippen molar-refractivity contribution in [2.75, 3.05) is 0 Å². The van der Waals surface area contributed by atoms with Gasteiger partial charge in [-0.25, -0.2) is 0 Å². The maximum absolute atomic E-state index is 6.49. The predicted molar refractivity (Wildman–Crippen MR) is 87.1 cm³/mol. The number of unbranched alkanes of at least 4 members (excludes halogenated alkanes) is 6. The summed E-state index contributed by atoms with van der Waals surface area (Å²) in [6.07, 6.45) is 10.6. The molecule has 0 nitrogen and oxygen atoms in total. The lowest BCUT2D eigenvalue weighted by molar-refractivity contribution is 0.572. The molecule has 1 rings (SSSR count). The van der Waals surface area contributed by atoms with Crippen LogP contribution in [0.3, 0.4) is 0 Å². The highest BCUT2D eigenvalue weighted by atomic mass is 35.5. The van der Waals surface area contributed by atoms with Crippen LogP contribution in [0.1, 0.15) is 80.4 Å². The fraction of sp³-hybridized carbons (Fsp3) is 0.667. The first-order valence-electron chi connectivity index (χ1n) is 7.86. The van der Waals surface area contributed by atoms with Gasteiger partial charge in [-0.2, -0.15) is 0 Å². The zero-order valence-electron chi connectivity index (χ0n) is 12.8. The van der Waals surface area contributed by atoms with Crippen LogP contribution in [0.5, 0.6) is 0 Å². The van der Waals surface area contributed by atoms with Gasteiger partial charge in [-0.3, -0.25) is 0 Å². The molecule has 1 unspecified atom stereocenters. The monoisotopic (exact) mass is 280 g/mol. The van der Waals surface area contributed by atoms with E-state index in [9.17, 15) is 0 Å². The van der Waals surface area contributed by atoms with Crippen LogP contribution in [0.15, 0.2) is 18.2 Å². The van der Waals surface area contributed by atoms with Gasteiger partial charge in [-0.15, -0.1) is 11.6 Å². The first-order chi connectivity index (χ1) is 9.15. The van der Waals surface area contributed by atoms with Gasteiger partial charge < -0.3 is 0 Å². The van der Waals surface area contributed by atoms with Crippen molar-refractivity contribution in [1.82, 2.24) is 0 Å². The molecular weight excluding hydrogens is 252 g/mol. The summed E-state index contributed by atoms with van der Waals surface area (Å²) in [4.78, 5) is 0. The van der Waals surface area contributed by atoms with E-state index in [2.05, 4.69) is 39.0 Å². The van der Waals surface area contributed by atoms with E-state index in [4.69, 9.17) is 11.6 Å². The van der Waals surface area contributed by atoms with Crippen LogP contribution in [-0.2, 0) is 0 Å². The minimum absolute atomic E-state index is 0.190. The first kappa shape index (κ1) is 16.6. The van der Waals surface area contributed by atoms with Gasteiger partial charge in [-0.1, -0.05) is 70.1 Å². The van der Waals surface area contributed by atoms with Gasteiger partial charge in [0.1, 0.15) is 0 Å². The molecule has 19 heavy (non-hydrogen) atoms. The van der Waals surface area contributed by atoms with Crippen LogP contribution in [-0.4, -0.2) is 0 Å². The van der Waals surface area contributed by atoms with Crippen molar-refractivity contribution in [3.8, 4) is 0 Å². The Bertz CT molecular complexity index is 357. The van der Waals surface area contributed by atoms with Crippen molar-refractivity contribution >= 4 is 11.6 Å². The van der Waals surface area contributed by atoms with Gasteiger partial charge in [0.05, 0.1) is 5.38 Å². The summed E-state index contributed by atoms with van der Waals surface area (Å²) >= 11 is 6.49. The third kappa shape index (κ3) is 6.47. The van der Waals surface area contributed by atoms with Crippen LogP contribution in [0.2, 0.25) is 0 Å². The molecule has 0 fully saturated rings. The Balaban J connectivity index is 2.20. The molecule has 0 saturated carbocycles. The zero-order valence-corrected chi connectivity index (χ0v) is 13.6. The van der Waals surface area contributed by atoms with Gasteiger partial charge in [0.25, 0.3) is 0 Å². The highest BCUT2D eigenvalue weighted by molar-refractivity contribution is 6.20. The quantitative estimate of drug-likeness (QED) is 0.348. The summed E-state index contributed by atoms with van der Waals surface area (Å²) in [5.41, 5.74) is 3.99. The molecule has 0 bridgehead atoms. The lowest BCUT2D eigenvalue weighted by atomic mass is 10.0. The molecule has 1 aromatic carbocycles. The van der Waals surface area contributed by atoms with Crippen molar-refractivity contribution in [3.05, 3.63) is 34.9 Å². The van der Waals surface area contributed by atoms with E-state index in [1.807, 2.05) is 0 Å². The van der Waals surface area contributed by atoms with Crippen molar-refractivity contribution < 1.29 is 0 Å². The smallest absolute Gasteiger partial charge is 0.0585 e. The molecule has 0 radical (unpaired) electrons. The minimum atomic E-state index is 0.190. The molecule has 1 aromatic rings. The van der Waals surface area contributed by atoms with Crippen LogP contribution < -0.4 is 0 Å². The topological polar surface area (TPSA) is 0 Å². The van der Waals surface area contributed by atoms with Crippen LogP contribution >= 0.6 is 11.6 Å². The van der Waals surface area contributed by atoms with Gasteiger partial charge >= 0.3 is 0 Å². The Labute approximate surface area is 124 Å². The maximum Gasteiger partial charge on any atom is 0.0585 e. The van der Waals surface area contributed by atoms with E-state index >= 15 is 0 Å². The van der Waals surface area contributed by atoms with Crippen molar-refractivity contribution in [1.29, 1.82) is 0 Å². The molecule has 0 spiro atoms. The van der Waals surface area contributed by atoms with E-state index < -0.39 is 0 Å². The second-order valence-electron chi connectivity index (χ2n) is 5.72. The van der Waals surface area contributed by atoms with Gasteiger partial charge in [-0.05, 0) is 37.0 Å². The highest BCUT2D eigenvalue weighted by Crippen LogP contribution is 2.28. The summed E-state index contributed by atoms with van der Waals surface area (Å²) < 4.78 is 0. The lowest BCUT2D eigenvalue weighted by Gasteiger charge is -2.11. The molecule has 0 aromatic heterocycles. The maximum atomic E-state index is 6.49. The molecule has 1 atom stereocenters. The molecule has 0 heterocycles. The number of benzene rings is 1. The highest BCUT2D eigenvalue weighted by Gasteiger charge is 2.08. The summed E-state index contributed by atoms with van der Waals surface area (Å²) in [5.74, 6) is 0. The minimum Gasteiger partial charge on any atom is -0.118 e. The fourth-order valence-corrected chi connectivity index (χ4v) is 2.70. The van der Waals surface area contributed by atoms with E-state index in [0.717, 1.165) is 6.42 Å². The Hall–Kier alpha value is -0.490. The Morgan fingerprint density at radius 2 is 1.53 bits per heavy atom. The van der Waals surface area contributed by atoms with Crippen molar-refractivity contribution in [2.24, 2.45) is 0 Å². The number of halogens is 1. The number of hydrogen-bond donors (Lipinski definition) is 0. The second-order valence-corrected chi connectivity index (χ2v) is 6.25. The third-order valence-electron chi connectivity index (χ3n) is 3.95. The van der Waals surface area contributed by atoms with E-state index in [0.29, 0.717) is 0 Å². The number of alkyl halides is 1. The van der Waals surface area contributed by atoms with Crippen LogP contribution in [0.4, 0.5) is 0 Å². The summed E-state index contributed by atoms with van der Waals surface area (Å²) in [5, 5.41) is 0.190. The number of aryl methyl sites for hydroxylation is 2. The second kappa shape index (κ2) is 9.42. The Morgan fingerprint density at radius 3 is 2.16 bits per heavy atom. The molecule has 0 aliphatic carbocycles. The zero-order chi connectivity index (χ0) is 14.1. The molecule has 1 heteroatoms. The first-order valence-corrected chi connectivity index (χ1v) is 8.30. The molecule has 0 aliphatic heterocycles. The normalized spacial score (nSPS) is 12.6. The SMILES string of the molecule is CCCCCCCCCC(Cl)c1ccc(C)c(C)c1. The van der Waals surface area contributed by atoms with Gasteiger partial charge in [0, 0.05) is 0 Å². The molecule has 0 amide bonds. The summed E-state index contributed by atoms with van der Waals surface area (Å²) in [7, 11) is 0. The van der Waals surface area contributed by atoms with Crippen LogP contribution in [0.25, 0.3) is 0 Å². The number of rotatable bonds is 9. The Morgan fingerprint density at radius 1 is 0.895 bits per heavy atom. The van der Waals surface area contributed by atoms with Gasteiger partial charge in [0.2, 0.25) is 0 Å². The molecule has 108 valence electrons. The standard InChI is InChI=1S/C18H29Cl/c1-4-5-6-7-8-9-10-11-18(19)17-13-12-15(2)16(3)14-17/h12-14,18H,4-11H2,1-3H3. The largest absolute Gasteiger partial charge is 0.118 e. The van der Waals surface area contributed by atoms with E-state index in [-0.39, 0.29) is 5.38 Å². The van der Waals surface area contributed by atoms with E-state index in [1.54, 1.807) is 0 Å². The van der Waals surface area contributed by atoms with Gasteiger partial charge in [0.15, 0.2) is 0 Å². The van der Waals surface area contributed by atoms with Crippen LogP contribution in [0, 0.1) is 13.8 Å². The molecule has 0 N–H and O–H groups in total. The van der Waals surface area contributed by atoms with Crippen molar-refractivity contribution in [3.63, 3.8) is 0 Å². The average molecular weight is 281 g/mol. The molecule has 0 saturated heterocycles. The lowest BCUT2D eigenvalue weighted by Crippen LogP contribution is -1.93. The average Bonchev–Trinajstić information content (AvgIpc) is 2.40. The molecule has 0 aliphatic rings.